The average Bonchev–Trinajstić information content (AvgIpc) is 2.36. The molecule has 18 heavy (non-hydrogen) atoms. The van der Waals surface area contributed by atoms with E-state index in [2.05, 4.69) is 26.0 Å². The van der Waals surface area contributed by atoms with Gasteiger partial charge in [0.25, 0.3) is 0 Å². The number of hydrogen-bond acceptors (Lipinski definition) is 2. The molecule has 1 unspecified atom stereocenters. The Kier molecular flexibility index (Phi) is 6.48. The van der Waals surface area contributed by atoms with Crippen molar-refractivity contribution in [2.45, 2.75) is 40.0 Å². The maximum absolute atomic E-state index is 12.0. The zero-order chi connectivity index (χ0) is 13.4. The minimum Gasteiger partial charge on any atom is -0.465 e. The monoisotopic (exact) mass is 248 g/mol. The third-order valence-electron chi connectivity index (χ3n) is 2.86. The molecule has 0 aliphatic rings. The summed E-state index contributed by atoms with van der Waals surface area (Å²) in [6.45, 7) is 6.83. The number of carbonyl (C=O) groups excluding carboxylic acids is 1. The number of hydrogen-bond donors (Lipinski definition) is 0. The molecule has 0 aliphatic carbocycles. The van der Waals surface area contributed by atoms with E-state index < -0.39 is 0 Å². The van der Waals surface area contributed by atoms with Crippen LogP contribution in [0.15, 0.2) is 30.3 Å². The van der Waals surface area contributed by atoms with E-state index in [-0.39, 0.29) is 11.9 Å². The standard InChI is InChI=1S/C16H24O2/c1-4-10-18-16(17)15(11-13(2)3)12-14-8-6-5-7-9-14/h5-9,13,15H,4,10-12H2,1-3H3. The van der Waals surface area contributed by atoms with Crippen molar-refractivity contribution >= 4 is 5.97 Å². The van der Waals surface area contributed by atoms with Gasteiger partial charge >= 0.3 is 5.97 Å². The first-order valence-electron chi connectivity index (χ1n) is 6.84. The van der Waals surface area contributed by atoms with Gasteiger partial charge in [0.1, 0.15) is 0 Å². The molecular formula is C16H24O2. The Bertz CT molecular complexity index is 343. The smallest absolute Gasteiger partial charge is 0.309 e. The molecule has 0 bridgehead atoms. The highest BCUT2D eigenvalue weighted by Gasteiger charge is 2.21. The van der Waals surface area contributed by atoms with Gasteiger partial charge < -0.3 is 4.74 Å². The van der Waals surface area contributed by atoms with Crippen molar-refractivity contribution in [2.75, 3.05) is 6.61 Å². The maximum Gasteiger partial charge on any atom is 0.309 e. The summed E-state index contributed by atoms with van der Waals surface area (Å²) in [4.78, 5) is 12.0. The van der Waals surface area contributed by atoms with E-state index >= 15 is 0 Å². The second kappa shape index (κ2) is 7.91. The minimum absolute atomic E-state index is 0.0149. The van der Waals surface area contributed by atoms with E-state index in [4.69, 9.17) is 4.74 Å². The number of benzene rings is 1. The molecule has 100 valence electrons. The number of esters is 1. The first kappa shape index (κ1) is 14.7. The maximum atomic E-state index is 12.0. The fraction of sp³-hybridized carbons (Fsp3) is 0.562. The van der Waals surface area contributed by atoms with Crippen molar-refractivity contribution in [1.29, 1.82) is 0 Å². The Morgan fingerprint density at radius 1 is 1.22 bits per heavy atom. The zero-order valence-corrected chi connectivity index (χ0v) is 11.7. The lowest BCUT2D eigenvalue weighted by molar-refractivity contribution is -0.149. The lowest BCUT2D eigenvalue weighted by Gasteiger charge is -2.17. The quantitative estimate of drug-likeness (QED) is 0.685. The SMILES string of the molecule is CCCOC(=O)C(Cc1ccccc1)CC(C)C. The highest BCUT2D eigenvalue weighted by Crippen LogP contribution is 2.19. The van der Waals surface area contributed by atoms with Crippen LogP contribution in [0.25, 0.3) is 0 Å². The molecule has 0 fully saturated rings. The molecule has 2 heteroatoms. The van der Waals surface area contributed by atoms with Crippen molar-refractivity contribution in [3.63, 3.8) is 0 Å². The van der Waals surface area contributed by atoms with Gasteiger partial charge in [-0.3, -0.25) is 4.79 Å². The average molecular weight is 248 g/mol. The molecule has 1 aromatic rings. The molecule has 0 heterocycles. The summed E-state index contributed by atoms with van der Waals surface area (Å²) in [6.07, 6.45) is 2.55. The van der Waals surface area contributed by atoms with Crippen LogP contribution in [0.4, 0.5) is 0 Å². The third-order valence-corrected chi connectivity index (χ3v) is 2.86. The predicted octanol–water partition coefficient (Wildman–Crippen LogP) is 3.84. The number of carbonyl (C=O) groups is 1. The second-order valence-electron chi connectivity index (χ2n) is 5.18. The molecule has 0 aliphatic heterocycles. The summed E-state index contributed by atoms with van der Waals surface area (Å²) >= 11 is 0. The van der Waals surface area contributed by atoms with E-state index in [1.807, 2.05) is 25.1 Å². The molecular weight excluding hydrogens is 224 g/mol. The van der Waals surface area contributed by atoms with Crippen LogP contribution in [0.1, 0.15) is 39.2 Å². The zero-order valence-electron chi connectivity index (χ0n) is 11.7. The van der Waals surface area contributed by atoms with Crippen molar-refractivity contribution in [3.8, 4) is 0 Å². The second-order valence-corrected chi connectivity index (χ2v) is 5.18. The van der Waals surface area contributed by atoms with Crippen LogP contribution in [0.3, 0.4) is 0 Å². The molecule has 0 aromatic heterocycles. The van der Waals surface area contributed by atoms with E-state index in [0.717, 1.165) is 19.3 Å². The van der Waals surface area contributed by atoms with E-state index in [1.165, 1.54) is 5.56 Å². The Balaban J connectivity index is 2.63. The van der Waals surface area contributed by atoms with Crippen molar-refractivity contribution in [3.05, 3.63) is 35.9 Å². The minimum atomic E-state index is -0.0468. The molecule has 0 saturated heterocycles. The van der Waals surface area contributed by atoms with E-state index in [1.54, 1.807) is 0 Å². The predicted molar refractivity (Wildman–Crippen MR) is 74.3 cm³/mol. The molecule has 0 N–H and O–H groups in total. The fourth-order valence-electron chi connectivity index (χ4n) is 2.05. The normalized spacial score (nSPS) is 12.4. The summed E-state index contributed by atoms with van der Waals surface area (Å²) in [7, 11) is 0. The van der Waals surface area contributed by atoms with Gasteiger partial charge in [0.15, 0.2) is 0 Å². The molecule has 1 atom stereocenters. The van der Waals surface area contributed by atoms with Crippen LogP contribution in [0, 0.1) is 11.8 Å². The Morgan fingerprint density at radius 2 is 1.89 bits per heavy atom. The van der Waals surface area contributed by atoms with Crippen molar-refractivity contribution in [1.82, 2.24) is 0 Å². The summed E-state index contributed by atoms with van der Waals surface area (Å²) < 4.78 is 5.29. The van der Waals surface area contributed by atoms with Crippen molar-refractivity contribution in [2.24, 2.45) is 11.8 Å². The van der Waals surface area contributed by atoms with Gasteiger partial charge in [-0.1, -0.05) is 51.1 Å². The summed E-state index contributed by atoms with van der Waals surface area (Å²) in [6, 6.07) is 10.2. The van der Waals surface area contributed by atoms with Gasteiger partial charge in [-0.05, 0) is 30.7 Å². The fourth-order valence-corrected chi connectivity index (χ4v) is 2.05. The molecule has 0 radical (unpaired) electrons. The molecule has 1 rings (SSSR count). The van der Waals surface area contributed by atoms with E-state index in [0.29, 0.717) is 12.5 Å². The summed E-state index contributed by atoms with van der Waals surface area (Å²) in [5.41, 5.74) is 1.21. The van der Waals surface area contributed by atoms with Crippen LogP contribution < -0.4 is 0 Å². The van der Waals surface area contributed by atoms with Gasteiger partial charge in [-0.25, -0.2) is 0 Å². The lowest BCUT2D eigenvalue weighted by Crippen LogP contribution is -2.22. The number of ether oxygens (including phenoxy) is 1. The molecule has 0 amide bonds. The first-order chi connectivity index (χ1) is 8.63. The molecule has 0 spiro atoms. The van der Waals surface area contributed by atoms with Gasteiger partial charge in [-0.15, -0.1) is 0 Å². The Labute approximate surface area is 110 Å². The Morgan fingerprint density at radius 3 is 2.44 bits per heavy atom. The number of rotatable bonds is 7. The van der Waals surface area contributed by atoms with Crippen molar-refractivity contribution < 1.29 is 9.53 Å². The topological polar surface area (TPSA) is 26.3 Å². The molecule has 1 aromatic carbocycles. The van der Waals surface area contributed by atoms with Crippen LogP contribution >= 0.6 is 0 Å². The molecule has 2 nitrogen and oxygen atoms in total. The molecule has 0 saturated carbocycles. The van der Waals surface area contributed by atoms with Crippen LogP contribution in [-0.2, 0) is 16.0 Å². The van der Waals surface area contributed by atoms with Gasteiger partial charge in [-0.2, -0.15) is 0 Å². The third kappa shape index (κ3) is 5.35. The summed E-state index contributed by atoms with van der Waals surface area (Å²) in [5, 5.41) is 0. The highest BCUT2D eigenvalue weighted by atomic mass is 16.5. The van der Waals surface area contributed by atoms with Crippen LogP contribution in [0.5, 0.6) is 0 Å². The van der Waals surface area contributed by atoms with Crippen LogP contribution in [0.2, 0.25) is 0 Å². The van der Waals surface area contributed by atoms with E-state index in [9.17, 15) is 4.79 Å². The Hall–Kier alpha value is -1.31. The lowest BCUT2D eigenvalue weighted by atomic mass is 9.91. The summed E-state index contributed by atoms with van der Waals surface area (Å²) in [5.74, 6) is 0.446. The highest BCUT2D eigenvalue weighted by molar-refractivity contribution is 5.72. The van der Waals surface area contributed by atoms with Gasteiger partial charge in [0, 0.05) is 0 Å². The van der Waals surface area contributed by atoms with Gasteiger partial charge in [0.2, 0.25) is 0 Å². The van der Waals surface area contributed by atoms with Crippen LogP contribution in [-0.4, -0.2) is 12.6 Å². The first-order valence-corrected chi connectivity index (χ1v) is 6.84. The van der Waals surface area contributed by atoms with Gasteiger partial charge in [0.05, 0.1) is 12.5 Å². The largest absolute Gasteiger partial charge is 0.465 e.